The normalized spacial score (nSPS) is 34.7. The number of benzene rings is 1. The van der Waals surface area contributed by atoms with Gasteiger partial charge in [0.2, 0.25) is 17.3 Å². The molecular formula is C23H26O12. The van der Waals surface area contributed by atoms with Crippen LogP contribution in [-0.2, 0) is 35.1 Å². The van der Waals surface area contributed by atoms with Crippen molar-refractivity contribution in [2.24, 2.45) is 5.92 Å². The molecule has 0 radical (unpaired) electrons. The number of carbonyl (C=O) groups excluding carboxylic acids is 1. The van der Waals surface area contributed by atoms with Crippen molar-refractivity contribution in [3.05, 3.63) is 48.0 Å². The highest BCUT2D eigenvalue weighted by molar-refractivity contribution is 5.98. The average Bonchev–Trinajstić information content (AvgIpc) is 3.00. The fourth-order valence-electron chi connectivity index (χ4n) is 4.68. The van der Waals surface area contributed by atoms with Crippen molar-refractivity contribution in [2.45, 2.75) is 61.5 Å². The van der Waals surface area contributed by atoms with Gasteiger partial charge in [-0.2, -0.15) is 0 Å². The number of aliphatic hydroxyl groups is 3. The number of rotatable bonds is 10. The van der Waals surface area contributed by atoms with Gasteiger partial charge in [0.25, 0.3) is 0 Å². The number of ketones is 1. The maximum Gasteiger partial charge on any atom is 0.343 e. The van der Waals surface area contributed by atoms with Crippen molar-refractivity contribution >= 4 is 23.7 Å². The second kappa shape index (κ2) is 9.13. The number of aliphatic carboxylic acids is 3. The monoisotopic (exact) mass is 494 g/mol. The van der Waals surface area contributed by atoms with Crippen molar-refractivity contribution in [3.8, 4) is 0 Å². The minimum atomic E-state index is -3.80. The molecule has 1 aromatic rings. The Kier molecular flexibility index (Phi) is 6.90. The van der Waals surface area contributed by atoms with Gasteiger partial charge in [-0.1, -0.05) is 43.8 Å². The molecule has 3 rings (SSSR count). The first kappa shape index (κ1) is 26.4. The molecule has 0 amide bonds. The summed E-state index contributed by atoms with van der Waals surface area (Å²) in [5.74, 6) is -10.1. The van der Waals surface area contributed by atoms with Crippen LogP contribution in [0.15, 0.2) is 42.5 Å². The first-order valence-electron chi connectivity index (χ1n) is 10.7. The Morgan fingerprint density at radius 3 is 2.14 bits per heavy atom. The average molecular weight is 494 g/mol. The number of Topliss-reactive ketones (excluding diaryl/α,β-unsaturated/α-hetero) is 1. The second-order valence-corrected chi connectivity index (χ2v) is 8.81. The molecule has 2 bridgehead atoms. The SMILES string of the molecule is C=C(CCC12OC(C(=O)O)C(O)(C(=O)O)C(C(=O)O)(O1)C(O)C2O)C(=O)C(C)Cc1ccccc1. The quantitative estimate of drug-likeness (QED) is 0.224. The van der Waals surface area contributed by atoms with Gasteiger partial charge >= 0.3 is 17.9 Å². The van der Waals surface area contributed by atoms with E-state index in [4.69, 9.17) is 9.47 Å². The number of fused-ring (bicyclic) bond motifs is 2. The van der Waals surface area contributed by atoms with Gasteiger partial charge in [-0.25, -0.2) is 14.4 Å². The van der Waals surface area contributed by atoms with Gasteiger partial charge in [0.15, 0.2) is 11.6 Å². The lowest BCUT2D eigenvalue weighted by atomic mass is 9.74. The lowest BCUT2D eigenvalue weighted by molar-refractivity contribution is -0.373. The van der Waals surface area contributed by atoms with Crippen LogP contribution in [0.2, 0.25) is 0 Å². The Hall–Kier alpha value is -3.16. The summed E-state index contributed by atoms with van der Waals surface area (Å²) in [5, 5.41) is 60.6. The molecule has 2 aliphatic heterocycles. The largest absolute Gasteiger partial charge is 0.479 e. The summed E-state index contributed by atoms with van der Waals surface area (Å²) in [6.45, 7) is 5.38. The third-order valence-electron chi connectivity index (χ3n) is 6.59. The fourth-order valence-corrected chi connectivity index (χ4v) is 4.68. The molecule has 2 fully saturated rings. The summed E-state index contributed by atoms with van der Waals surface area (Å²) in [4.78, 5) is 48.5. The van der Waals surface area contributed by atoms with Crippen molar-refractivity contribution in [1.29, 1.82) is 0 Å². The molecule has 7 unspecified atom stereocenters. The fraction of sp³-hybridized carbons (Fsp3) is 0.478. The van der Waals surface area contributed by atoms with Crippen LogP contribution >= 0.6 is 0 Å². The number of carboxylic acids is 3. The molecule has 190 valence electrons. The highest BCUT2D eigenvalue weighted by atomic mass is 16.8. The maximum absolute atomic E-state index is 12.8. The van der Waals surface area contributed by atoms with E-state index in [0.29, 0.717) is 6.42 Å². The third kappa shape index (κ3) is 3.93. The van der Waals surface area contributed by atoms with Crippen LogP contribution in [0.5, 0.6) is 0 Å². The standard InChI is InChI=1S/C23H26O12/c1-11(14(24)12(2)10-13-6-4-3-5-7-13)8-9-21-15(25)16(26)23(35-21,20(31)32)22(33,19(29)30)17(34-21)18(27)28/h3-7,12,15-17,25-26,33H,1,8-10H2,2H3,(H,27,28)(H,29,30)(H,31,32). The predicted molar refractivity (Wildman–Crippen MR) is 114 cm³/mol. The third-order valence-corrected chi connectivity index (χ3v) is 6.59. The molecule has 12 nitrogen and oxygen atoms in total. The van der Waals surface area contributed by atoms with Crippen LogP contribution in [0, 0.1) is 5.92 Å². The lowest BCUT2D eigenvalue weighted by Gasteiger charge is -2.48. The molecule has 12 heteroatoms. The zero-order valence-corrected chi connectivity index (χ0v) is 18.7. The van der Waals surface area contributed by atoms with Crippen molar-refractivity contribution in [1.82, 2.24) is 0 Å². The molecule has 6 N–H and O–H groups in total. The van der Waals surface area contributed by atoms with Crippen LogP contribution in [0.1, 0.15) is 25.3 Å². The Morgan fingerprint density at radius 2 is 1.63 bits per heavy atom. The van der Waals surface area contributed by atoms with Gasteiger partial charge in [0.05, 0.1) is 0 Å². The number of allylic oxidation sites excluding steroid dienone is 1. The van der Waals surface area contributed by atoms with Crippen LogP contribution in [0.3, 0.4) is 0 Å². The van der Waals surface area contributed by atoms with Crippen LogP contribution in [-0.4, -0.2) is 89.6 Å². The summed E-state index contributed by atoms with van der Waals surface area (Å²) in [5.41, 5.74) is -6.36. The molecule has 2 heterocycles. The van der Waals surface area contributed by atoms with E-state index < -0.39 is 65.5 Å². The summed E-state index contributed by atoms with van der Waals surface area (Å²) >= 11 is 0. The van der Waals surface area contributed by atoms with E-state index in [1.165, 1.54) is 0 Å². The van der Waals surface area contributed by atoms with Crippen LogP contribution < -0.4 is 0 Å². The maximum atomic E-state index is 12.8. The molecular weight excluding hydrogens is 468 g/mol. The molecule has 0 saturated carbocycles. The molecule has 2 aliphatic rings. The van der Waals surface area contributed by atoms with Gasteiger partial charge < -0.3 is 40.1 Å². The van der Waals surface area contributed by atoms with Gasteiger partial charge in [0, 0.05) is 12.3 Å². The smallest absolute Gasteiger partial charge is 0.343 e. The van der Waals surface area contributed by atoms with Crippen LogP contribution in [0.4, 0.5) is 0 Å². The topological polar surface area (TPSA) is 208 Å². The summed E-state index contributed by atoms with van der Waals surface area (Å²) in [6, 6.07) is 9.14. The highest BCUT2D eigenvalue weighted by Gasteiger charge is 2.84. The van der Waals surface area contributed by atoms with Crippen molar-refractivity contribution in [3.63, 3.8) is 0 Å². The second-order valence-electron chi connectivity index (χ2n) is 8.81. The minimum Gasteiger partial charge on any atom is -0.479 e. The van der Waals surface area contributed by atoms with Crippen LogP contribution in [0.25, 0.3) is 0 Å². The Labute approximate surface area is 199 Å². The first-order valence-corrected chi connectivity index (χ1v) is 10.7. The minimum absolute atomic E-state index is 0.0236. The zero-order valence-electron chi connectivity index (χ0n) is 18.7. The Bertz CT molecular complexity index is 1050. The van der Waals surface area contributed by atoms with E-state index in [1.54, 1.807) is 6.92 Å². The van der Waals surface area contributed by atoms with Gasteiger partial charge in [-0.05, 0) is 24.0 Å². The summed E-state index contributed by atoms with van der Waals surface area (Å²) < 4.78 is 10.4. The van der Waals surface area contributed by atoms with Gasteiger partial charge in [0.1, 0.15) is 12.2 Å². The molecule has 35 heavy (non-hydrogen) atoms. The molecule has 1 aromatic carbocycles. The molecule has 2 saturated heterocycles. The number of aliphatic hydroxyl groups excluding tert-OH is 2. The molecule has 0 aromatic heterocycles. The molecule has 0 spiro atoms. The molecule has 7 atom stereocenters. The molecule has 0 aliphatic carbocycles. The zero-order chi connectivity index (χ0) is 26.3. The van der Waals surface area contributed by atoms with Gasteiger partial charge in [-0.15, -0.1) is 0 Å². The van der Waals surface area contributed by atoms with E-state index >= 15 is 0 Å². The van der Waals surface area contributed by atoms with E-state index in [9.17, 15) is 49.8 Å². The number of carbonyl (C=O) groups is 4. The predicted octanol–water partition coefficient (Wildman–Crippen LogP) is -0.658. The van der Waals surface area contributed by atoms with Crippen molar-refractivity contribution < 1.29 is 59.3 Å². The number of ether oxygens (including phenoxy) is 2. The van der Waals surface area contributed by atoms with E-state index in [2.05, 4.69) is 6.58 Å². The van der Waals surface area contributed by atoms with Gasteiger partial charge in [-0.3, -0.25) is 4.79 Å². The number of hydrogen-bond donors (Lipinski definition) is 6. The van der Waals surface area contributed by atoms with Crippen molar-refractivity contribution in [2.75, 3.05) is 0 Å². The Balaban J connectivity index is 1.87. The first-order chi connectivity index (χ1) is 16.2. The van der Waals surface area contributed by atoms with E-state index in [1.807, 2.05) is 30.3 Å². The highest BCUT2D eigenvalue weighted by Crippen LogP contribution is 2.54. The number of carboxylic acid groups (broad SMARTS) is 3. The Morgan fingerprint density at radius 1 is 1.03 bits per heavy atom. The summed E-state index contributed by atoms with van der Waals surface area (Å²) in [7, 11) is 0. The van der Waals surface area contributed by atoms with E-state index in [0.717, 1.165) is 5.56 Å². The van der Waals surface area contributed by atoms with E-state index in [-0.39, 0.29) is 17.8 Å². The lowest BCUT2D eigenvalue weighted by Crippen LogP contribution is -2.77. The summed E-state index contributed by atoms with van der Waals surface area (Å²) in [6.07, 6.45) is -8.06. The number of hydrogen-bond acceptors (Lipinski definition) is 9.